The molecular weight excluding hydrogens is 426 g/mol. The minimum Gasteiger partial charge on any atom is -0.508 e. The number of hydrogen-bond acceptors (Lipinski definition) is 6. The maximum Gasteiger partial charge on any atom is 0.328 e. The topological polar surface area (TPSA) is 147 Å². The Morgan fingerprint density at radius 2 is 1.48 bits per heavy atom. The van der Waals surface area contributed by atoms with Crippen molar-refractivity contribution in [1.29, 1.82) is 0 Å². The summed E-state index contributed by atoms with van der Waals surface area (Å²) in [6.45, 7) is 2.42. The Hall–Kier alpha value is -3.88. The molecule has 174 valence electrons. The highest BCUT2D eigenvalue weighted by atomic mass is 16.4. The summed E-state index contributed by atoms with van der Waals surface area (Å²) in [7, 11) is 0. The van der Waals surface area contributed by atoms with Crippen molar-refractivity contribution in [3.05, 3.63) is 83.9 Å². The van der Waals surface area contributed by atoms with Crippen LogP contribution in [0.5, 0.6) is 11.5 Å². The molecule has 0 saturated carbocycles. The minimum absolute atomic E-state index is 0.0575. The van der Waals surface area contributed by atoms with E-state index >= 15 is 0 Å². The molecule has 0 spiro atoms. The Morgan fingerprint density at radius 3 is 2.09 bits per heavy atom. The number of rotatable bonds is 8. The van der Waals surface area contributed by atoms with Crippen LogP contribution >= 0.6 is 0 Å². The number of aliphatic hydroxyl groups is 1. The van der Waals surface area contributed by atoms with Crippen LogP contribution in [0, 0.1) is 0 Å². The van der Waals surface area contributed by atoms with Gasteiger partial charge in [-0.15, -0.1) is 0 Å². The molecule has 0 bridgehead atoms. The third kappa shape index (κ3) is 8.64. The van der Waals surface area contributed by atoms with E-state index in [9.17, 15) is 24.9 Å². The lowest BCUT2D eigenvalue weighted by Gasteiger charge is -2.18. The van der Waals surface area contributed by atoms with Gasteiger partial charge in [0.25, 0.3) is 0 Å². The highest BCUT2D eigenvalue weighted by molar-refractivity contribution is 5.89. The van der Waals surface area contributed by atoms with E-state index in [1.807, 2.05) is 12.1 Å². The molecule has 0 saturated heterocycles. The second kappa shape index (κ2) is 12.2. The lowest BCUT2D eigenvalue weighted by molar-refractivity contribution is -0.134. The van der Waals surface area contributed by atoms with Crippen molar-refractivity contribution in [3.8, 4) is 11.5 Å². The first kappa shape index (κ1) is 25.4. The van der Waals surface area contributed by atoms with Crippen molar-refractivity contribution in [3.63, 3.8) is 0 Å². The van der Waals surface area contributed by atoms with Gasteiger partial charge in [0, 0.05) is 30.8 Å². The van der Waals surface area contributed by atoms with Gasteiger partial charge in [0.2, 0.25) is 0 Å². The standard InChI is InChI=1S/C21H23NO3.C4H4O4/c1-14(9-16-7-4-6-15-5-2-3-8-20(15)16)22-13-21(25)17-10-18(23)12-19(24)11-17;5-3(6)1-2-4(7)8/h2-8,10-12,14,21-25H,9,13H2,1H3;1-2H,(H,5,6)(H,7,8)/t14-,21-;/m0./s1. The number of phenolic OH excluding ortho intramolecular Hbond substituents is 2. The molecule has 3 aromatic carbocycles. The maximum atomic E-state index is 10.3. The van der Waals surface area contributed by atoms with Gasteiger partial charge in [-0.3, -0.25) is 0 Å². The Bertz CT molecular complexity index is 1090. The van der Waals surface area contributed by atoms with E-state index in [0.29, 0.717) is 24.3 Å². The first-order valence-electron chi connectivity index (χ1n) is 10.2. The first-order valence-corrected chi connectivity index (χ1v) is 10.2. The average Bonchev–Trinajstić information content (AvgIpc) is 2.76. The number of carboxylic acid groups (broad SMARTS) is 2. The van der Waals surface area contributed by atoms with E-state index < -0.39 is 18.0 Å². The van der Waals surface area contributed by atoms with Crippen LogP contribution in [0.1, 0.15) is 24.2 Å². The molecule has 0 unspecified atom stereocenters. The lowest BCUT2D eigenvalue weighted by atomic mass is 9.99. The van der Waals surface area contributed by atoms with Crippen LogP contribution in [0.15, 0.2) is 72.8 Å². The van der Waals surface area contributed by atoms with E-state index in [4.69, 9.17) is 10.2 Å². The van der Waals surface area contributed by atoms with E-state index in [1.165, 1.54) is 34.5 Å². The number of fused-ring (bicyclic) bond motifs is 1. The zero-order valence-electron chi connectivity index (χ0n) is 18.0. The third-order valence-corrected chi connectivity index (χ3v) is 4.74. The summed E-state index contributed by atoms with van der Waals surface area (Å²) in [5.41, 5.74) is 1.75. The number of phenols is 2. The molecule has 0 amide bonds. The van der Waals surface area contributed by atoms with Gasteiger partial charge < -0.3 is 30.8 Å². The van der Waals surface area contributed by atoms with E-state index in [1.54, 1.807) is 0 Å². The Balaban J connectivity index is 0.000000414. The van der Waals surface area contributed by atoms with E-state index in [0.717, 1.165) is 6.42 Å². The Labute approximate surface area is 191 Å². The summed E-state index contributed by atoms with van der Waals surface area (Å²) in [5, 5.41) is 50.7. The fourth-order valence-electron chi connectivity index (χ4n) is 3.26. The molecule has 0 aliphatic rings. The van der Waals surface area contributed by atoms with Gasteiger partial charge in [0.1, 0.15) is 11.5 Å². The third-order valence-electron chi connectivity index (χ3n) is 4.74. The molecular formula is C25H27NO7. The number of carboxylic acids is 2. The summed E-state index contributed by atoms with van der Waals surface area (Å²) in [6.07, 6.45) is 1.16. The second-order valence-corrected chi connectivity index (χ2v) is 7.46. The molecule has 8 nitrogen and oxygen atoms in total. The van der Waals surface area contributed by atoms with Crippen LogP contribution in [0.2, 0.25) is 0 Å². The number of nitrogens with one attached hydrogen (secondary N) is 1. The van der Waals surface area contributed by atoms with Crippen LogP contribution in [0.4, 0.5) is 0 Å². The van der Waals surface area contributed by atoms with Crippen molar-refractivity contribution >= 4 is 22.7 Å². The summed E-state index contributed by atoms with van der Waals surface area (Å²) < 4.78 is 0. The van der Waals surface area contributed by atoms with Gasteiger partial charge in [-0.1, -0.05) is 42.5 Å². The molecule has 2 atom stereocenters. The predicted octanol–water partition coefficient (Wildman–Crippen LogP) is 3.22. The molecule has 0 fully saturated rings. The predicted molar refractivity (Wildman–Crippen MR) is 124 cm³/mol. The normalized spacial score (nSPS) is 12.7. The molecule has 3 aromatic rings. The zero-order chi connectivity index (χ0) is 24.4. The van der Waals surface area contributed by atoms with Gasteiger partial charge >= 0.3 is 11.9 Å². The summed E-state index contributed by atoms with van der Waals surface area (Å²) in [5.74, 6) is -2.63. The highest BCUT2D eigenvalue weighted by Gasteiger charge is 2.12. The quantitative estimate of drug-likeness (QED) is 0.285. The Morgan fingerprint density at radius 1 is 0.909 bits per heavy atom. The first-order chi connectivity index (χ1) is 15.7. The molecule has 0 heterocycles. The molecule has 33 heavy (non-hydrogen) atoms. The van der Waals surface area contributed by atoms with Gasteiger partial charge in [0.05, 0.1) is 6.10 Å². The van der Waals surface area contributed by atoms with Gasteiger partial charge in [0.15, 0.2) is 0 Å². The van der Waals surface area contributed by atoms with Gasteiger partial charge in [-0.2, -0.15) is 0 Å². The van der Waals surface area contributed by atoms with Crippen LogP contribution < -0.4 is 5.32 Å². The molecule has 0 aliphatic carbocycles. The van der Waals surface area contributed by atoms with E-state index in [2.05, 4.69) is 42.6 Å². The van der Waals surface area contributed by atoms with Gasteiger partial charge in [-0.05, 0) is 47.4 Å². The number of hydrogen-bond donors (Lipinski definition) is 6. The monoisotopic (exact) mass is 453 g/mol. The summed E-state index contributed by atoms with van der Waals surface area (Å²) in [4.78, 5) is 19.1. The van der Waals surface area contributed by atoms with Crippen molar-refractivity contribution < 1.29 is 35.1 Å². The van der Waals surface area contributed by atoms with Crippen molar-refractivity contribution in [2.24, 2.45) is 0 Å². The second-order valence-electron chi connectivity index (χ2n) is 7.46. The van der Waals surface area contributed by atoms with Crippen molar-refractivity contribution in [2.75, 3.05) is 6.54 Å². The fraction of sp³-hybridized carbons (Fsp3) is 0.200. The molecule has 0 aromatic heterocycles. The SMILES string of the molecule is C[C@@H](Cc1cccc2ccccc12)NC[C@H](O)c1cc(O)cc(O)c1.O=C(O)C=CC(=O)O. The van der Waals surface area contributed by atoms with Crippen molar-refractivity contribution in [2.45, 2.75) is 25.5 Å². The van der Waals surface area contributed by atoms with Gasteiger partial charge in [-0.25, -0.2) is 9.59 Å². The van der Waals surface area contributed by atoms with Crippen LogP contribution in [0.3, 0.4) is 0 Å². The maximum absolute atomic E-state index is 10.3. The molecule has 3 rings (SSSR count). The van der Waals surface area contributed by atoms with Crippen LogP contribution in [0.25, 0.3) is 10.8 Å². The zero-order valence-corrected chi connectivity index (χ0v) is 18.0. The number of aliphatic hydroxyl groups excluding tert-OH is 1. The molecule has 6 N–H and O–H groups in total. The summed E-state index contributed by atoms with van der Waals surface area (Å²) in [6, 6.07) is 18.9. The number of benzene rings is 3. The van der Waals surface area contributed by atoms with Crippen molar-refractivity contribution in [1.82, 2.24) is 5.32 Å². The minimum atomic E-state index is -1.26. The number of aliphatic carboxylic acids is 2. The molecule has 8 heteroatoms. The van der Waals surface area contributed by atoms with Crippen LogP contribution in [-0.4, -0.2) is 50.1 Å². The number of carbonyl (C=O) groups is 2. The van der Waals surface area contributed by atoms with Crippen LogP contribution in [-0.2, 0) is 16.0 Å². The van der Waals surface area contributed by atoms with E-state index in [-0.39, 0.29) is 17.5 Å². The highest BCUT2D eigenvalue weighted by Crippen LogP contribution is 2.25. The lowest BCUT2D eigenvalue weighted by Crippen LogP contribution is -2.32. The smallest absolute Gasteiger partial charge is 0.328 e. The Kier molecular flexibility index (Phi) is 9.41. The largest absolute Gasteiger partial charge is 0.508 e. The fourth-order valence-corrected chi connectivity index (χ4v) is 3.26. The average molecular weight is 453 g/mol. The summed E-state index contributed by atoms with van der Waals surface area (Å²) >= 11 is 0. The molecule has 0 aliphatic heterocycles. The molecule has 0 radical (unpaired) electrons. The number of aromatic hydroxyl groups is 2.